The van der Waals surface area contributed by atoms with Crippen molar-refractivity contribution >= 4 is 22.7 Å². The number of halogens is 3. The van der Waals surface area contributed by atoms with Crippen LogP contribution in [0.3, 0.4) is 0 Å². The van der Waals surface area contributed by atoms with E-state index in [2.05, 4.69) is 15.0 Å². The Morgan fingerprint density at radius 3 is 2.52 bits per heavy atom. The number of aromatic nitrogens is 3. The fourth-order valence-corrected chi connectivity index (χ4v) is 3.34. The minimum atomic E-state index is -1.29. The Labute approximate surface area is 163 Å². The SMILES string of the molecule is O=C(O)C=C1CCN(c2nc(-c3cc(F)c(F)cc3F)nc3ccncc23)CC1. The fourth-order valence-electron chi connectivity index (χ4n) is 3.34. The highest BCUT2D eigenvalue weighted by Crippen LogP contribution is 2.31. The summed E-state index contributed by atoms with van der Waals surface area (Å²) in [6, 6.07) is 2.83. The normalized spacial score (nSPS) is 14.3. The Morgan fingerprint density at radius 1 is 1.07 bits per heavy atom. The highest BCUT2D eigenvalue weighted by Gasteiger charge is 2.22. The van der Waals surface area contributed by atoms with Gasteiger partial charge in [0.25, 0.3) is 0 Å². The summed E-state index contributed by atoms with van der Waals surface area (Å²) < 4.78 is 41.3. The van der Waals surface area contributed by atoms with Gasteiger partial charge >= 0.3 is 5.97 Å². The Balaban J connectivity index is 1.79. The van der Waals surface area contributed by atoms with Crippen LogP contribution in [0.2, 0.25) is 0 Å². The maximum Gasteiger partial charge on any atom is 0.328 e. The lowest BCUT2D eigenvalue weighted by atomic mass is 10.0. The highest BCUT2D eigenvalue weighted by molar-refractivity contribution is 5.90. The van der Waals surface area contributed by atoms with Crippen LogP contribution in [0, 0.1) is 17.5 Å². The van der Waals surface area contributed by atoms with E-state index >= 15 is 0 Å². The van der Waals surface area contributed by atoms with Crippen LogP contribution in [-0.4, -0.2) is 39.1 Å². The van der Waals surface area contributed by atoms with Crippen LogP contribution in [-0.2, 0) is 4.79 Å². The number of hydrogen-bond donors (Lipinski definition) is 1. The molecule has 0 bridgehead atoms. The number of carboxylic acid groups (broad SMARTS) is 1. The molecule has 1 N–H and O–H groups in total. The molecule has 0 atom stereocenters. The van der Waals surface area contributed by atoms with Gasteiger partial charge in [0.1, 0.15) is 11.6 Å². The van der Waals surface area contributed by atoms with E-state index in [1.54, 1.807) is 12.3 Å². The molecule has 0 radical (unpaired) electrons. The van der Waals surface area contributed by atoms with E-state index in [1.807, 2.05) is 4.90 Å². The molecule has 0 unspecified atom stereocenters. The van der Waals surface area contributed by atoms with Crippen LogP contribution in [0.25, 0.3) is 22.3 Å². The molecule has 1 fully saturated rings. The van der Waals surface area contributed by atoms with Gasteiger partial charge < -0.3 is 10.0 Å². The van der Waals surface area contributed by atoms with Gasteiger partial charge in [-0.15, -0.1) is 0 Å². The lowest BCUT2D eigenvalue weighted by molar-refractivity contribution is -0.131. The smallest absolute Gasteiger partial charge is 0.328 e. The Kier molecular flexibility index (Phi) is 4.87. The summed E-state index contributed by atoms with van der Waals surface area (Å²) in [4.78, 5) is 25.6. The van der Waals surface area contributed by atoms with Gasteiger partial charge in [-0.05, 0) is 25.0 Å². The summed E-state index contributed by atoms with van der Waals surface area (Å²) in [7, 11) is 0. The van der Waals surface area contributed by atoms with Gasteiger partial charge in [0.05, 0.1) is 16.5 Å². The lowest BCUT2D eigenvalue weighted by Gasteiger charge is -2.30. The van der Waals surface area contributed by atoms with Crippen molar-refractivity contribution in [2.45, 2.75) is 12.8 Å². The largest absolute Gasteiger partial charge is 0.478 e. The second-order valence-corrected chi connectivity index (χ2v) is 6.64. The predicted octanol–water partition coefficient (Wildman–Crippen LogP) is 3.72. The van der Waals surface area contributed by atoms with E-state index in [1.165, 1.54) is 12.3 Å². The van der Waals surface area contributed by atoms with E-state index < -0.39 is 23.4 Å². The number of nitrogens with zero attached hydrogens (tertiary/aromatic N) is 4. The van der Waals surface area contributed by atoms with Crippen molar-refractivity contribution in [3.63, 3.8) is 0 Å². The van der Waals surface area contributed by atoms with Gasteiger partial charge in [0.15, 0.2) is 17.5 Å². The first kappa shape index (κ1) is 18.9. The van der Waals surface area contributed by atoms with Crippen LogP contribution in [0.4, 0.5) is 19.0 Å². The van der Waals surface area contributed by atoms with Crippen molar-refractivity contribution in [1.29, 1.82) is 0 Å². The van der Waals surface area contributed by atoms with Gasteiger partial charge in [-0.25, -0.2) is 27.9 Å². The van der Waals surface area contributed by atoms with Crippen molar-refractivity contribution in [2.24, 2.45) is 0 Å². The van der Waals surface area contributed by atoms with Crippen molar-refractivity contribution in [2.75, 3.05) is 18.0 Å². The summed E-state index contributed by atoms with van der Waals surface area (Å²) >= 11 is 0. The minimum absolute atomic E-state index is 0.0676. The van der Waals surface area contributed by atoms with Crippen LogP contribution in [0.15, 0.2) is 42.2 Å². The summed E-state index contributed by atoms with van der Waals surface area (Å²) in [5, 5.41) is 9.54. The number of benzene rings is 1. The first-order valence-corrected chi connectivity index (χ1v) is 8.86. The molecule has 29 heavy (non-hydrogen) atoms. The fraction of sp³-hybridized carbons (Fsp3) is 0.200. The van der Waals surface area contributed by atoms with Crippen molar-refractivity contribution in [3.8, 4) is 11.4 Å². The molecule has 2 aromatic heterocycles. The van der Waals surface area contributed by atoms with Crippen LogP contribution >= 0.6 is 0 Å². The van der Waals surface area contributed by atoms with E-state index in [0.717, 1.165) is 11.6 Å². The molecule has 0 aliphatic carbocycles. The maximum absolute atomic E-state index is 14.3. The number of rotatable bonds is 3. The third kappa shape index (κ3) is 3.75. The molecule has 1 aliphatic rings. The molecule has 0 spiro atoms. The zero-order valence-corrected chi connectivity index (χ0v) is 15.1. The number of hydrogen-bond acceptors (Lipinski definition) is 5. The molecule has 1 aromatic carbocycles. The second kappa shape index (κ2) is 7.50. The Morgan fingerprint density at radius 2 is 1.79 bits per heavy atom. The molecule has 148 valence electrons. The Bertz CT molecular complexity index is 1140. The monoisotopic (exact) mass is 400 g/mol. The number of pyridine rings is 1. The third-order valence-corrected chi connectivity index (χ3v) is 4.76. The van der Waals surface area contributed by atoms with Gasteiger partial charge in [0.2, 0.25) is 0 Å². The number of carboxylic acids is 1. The summed E-state index contributed by atoms with van der Waals surface area (Å²) in [6.07, 6.45) is 5.38. The predicted molar refractivity (Wildman–Crippen MR) is 99.8 cm³/mol. The number of carbonyl (C=O) groups is 1. The van der Waals surface area contributed by atoms with E-state index in [-0.39, 0.29) is 11.4 Å². The Hall–Kier alpha value is -3.49. The molecule has 1 saturated heterocycles. The third-order valence-electron chi connectivity index (χ3n) is 4.76. The van der Waals surface area contributed by atoms with Crippen LogP contribution in [0.1, 0.15) is 12.8 Å². The summed E-state index contributed by atoms with van der Waals surface area (Å²) in [6.45, 7) is 1.000. The van der Waals surface area contributed by atoms with Crippen molar-refractivity contribution < 1.29 is 23.1 Å². The molecule has 0 amide bonds. The standard InChI is InChI=1S/C20H15F3N4O2/c21-14-9-16(23)15(22)8-12(14)19-25-17-1-4-24-10-13(17)20(26-19)27-5-2-11(3-6-27)7-18(28)29/h1,4,7-10H,2-3,5-6H2,(H,28,29). The molecule has 3 heterocycles. The number of anilines is 1. The topological polar surface area (TPSA) is 79.2 Å². The quantitative estimate of drug-likeness (QED) is 0.533. The van der Waals surface area contributed by atoms with E-state index in [0.29, 0.717) is 48.7 Å². The van der Waals surface area contributed by atoms with Crippen LogP contribution < -0.4 is 4.90 Å². The molecule has 0 saturated carbocycles. The second-order valence-electron chi connectivity index (χ2n) is 6.64. The van der Waals surface area contributed by atoms with Gasteiger partial charge in [-0.2, -0.15) is 0 Å². The number of aliphatic carboxylic acids is 1. The summed E-state index contributed by atoms with van der Waals surface area (Å²) in [5.41, 5.74) is 1.06. The first-order valence-electron chi connectivity index (χ1n) is 8.86. The number of fused-ring (bicyclic) bond motifs is 1. The average Bonchev–Trinajstić information content (AvgIpc) is 2.70. The van der Waals surface area contributed by atoms with E-state index in [4.69, 9.17) is 5.11 Å². The lowest BCUT2D eigenvalue weighted by Crippen LogP contribution is -2.32. The van der Waals surface area contributed by atoms with Crippen molar-refractivity contribution in [1.82, 2.24) is 15.0 Å². The summed E-state index contributed by atoms with van der Waals surface area (Å²) in [5.74, 6) is -4.01. The molecule has 6 nitrogen and oxygen atoms in total. The van der Waals surface area contributed by atoms with Crippen molar-refractivity contribution in [3.05, 3.63) is 59.7 Å². The van der Waals surface area contributed by atoms with Gasteiger partial charge in [-0.3, -0.25) is 4.98 Å². The molecular formula is C20H15F3N4O2. The molecule has 3 aromatic rings. The molecular weight excluding hydrogens is 385 g/mol. The molecule has 1 aliphatic heterocycles. The highest BCUT2D eigenvalue weighted by atomic mass is 19.2. The van der Waals surface area contributed by atoms with Gasteiger partial charge in [0, 0.05) is 37.6 Å². The molecule has 4 rings (SSSR count). The first-order chi connectivity index (χ1) is 13.9. The maximum atomic E-state index is 14.3. The zero-order chi connectivity index (χ0) is 20.5. The number of piperidine rings is 1. The zero-order valence-electron chi connectivity index (χ0n) is 15.1. The molecule has 9 heteroatoms. The van der Waals surface area contributed by atoms with Gasteiger partial charge in [-0.1, -0.05) is 5.57 Å². The van der Waals surface area contributed by atoms with E-state index in [9.17, 15) is 18.0 Å². The van der Waals surface area contributed by atoms with Crippen LogP contribution in [0.5, 0.6) is 0 Å². The average molecular weight is 400 g/mol. The minimum Gasteiger partial charge on any atom is -0.478 e.